The van der Waals surface area contributed by atoms with Crippen molar-refractivity contribution in [3.05, 3.63) is 42.5 Å². The van der Waals surface area contributed by atoms with E-state index < -0.39 is 29.5 Å². The summed E-state index contributed by atoms with van der Waals surface area (Å²) >= 11 is 0. The summed E-state index contributed by atoms with van der Waals surface area (Å²) in [5, 5.41) is 15.5. The van der Waals surface area contributed by atoms with Crippen LogP contribution in [-0.2, 0) is 14.3 Å². The van der Waals surface area contributed by atoms with Gasteiger partial charge in [0.25, 0.3) is 0 Å². The summed E-state index contributed by atoms with van der Waals surface area (Å²) in [5.74, 6) is 0.431. The number of ether oxygens (including phenoxy) is 3. The van der Waals surface area contributed by atoms with Crippen molar-refractivity contribution in [2.45, 2.75) is 84.3 Å². The number of aliphatic hydroxyl groups is 1. The molecule has 2 aromatic rings. The van der Waals surface area contributed by atoms with Crippen molar-refractivity contribution < 1.29 is 33.7 Å². The van der Waals surface area contributed by atoms with Gasteiger partial charge in [-0.1, -0.05) is 36.4 Å². The van der Waals surface area contributed by atoms with Gasteiger partial charge < -0.3 is 34.4 Å². The van der Waals surface area contributed by atoms with Gasteiger partial charge in [-0.25, -0.2) is 20.4 Å². The first-order valence-corrected chi connectivity index (χ1v) is 15.1. The highest BCUT2D eigenvalue weighted by Crippen LogP contribution is 2.25. The molecule has 3 rings (SSSR count). The molecule has 1 atom stereocenters. The van der Waals surface area contributed by atoms with Gasteiger partial charge in [-0.05, 0) is 66.3 Å². The number of rotatable bonds is 14. The van der Waals surface area contributed by atoms with Crippen molar-refractivity contribution in [2.24, 2.45) is 0 Å². The summed E-state index contributed by atoms with van der Waals surface area (Å²) in [6.45, 7) is 13.4. The molecule has 0 radical (unpaired) electrons. The molecule has 1 heterocycles. The number of alkyl carbamates (subject to hydrolysis) is 1. The van der Waals surface area contributed by atoms with Crippen LogP contribution >= 0.6 is 0 Å². The Hall–Kier alpha value is -3.61. The predicted octanol–water partition coefficient (Wildman–Crippen LogP) is 3.77. The average Bonchev–Trinajstić information content (AvgIpc) is 3.66. The maximum absolute atomic E-state index is 13.4. The zero-order valence-corrected chi connectivity index (χ0v) is 27.1. The molecule has 12 nitrogen and oxygen atoms in total. The molecule has 1 saturated heterocycles. The highest BCUT2D eigenvalue weighted by Gasteiger charge is 2.36. The number of hydrogen-bond acceptors (Lipinski definition) is 9. The monoisotopic (exact) mass is 615 g/mol. The van der Waals surface area contributed by atoms with Crippen LogP contribution in [0.15, 0.2) is 42.5 Å². The Morgan fingerprint density at radius 3 is 2.23 bits per heavy atom. The summed E-state index contributed by atoms with van der Waals surface area (Å²) in [4.78, 5) is 41.6. The van der Waals surface area contributed by atoms with Gasteiger partial charge in [-0.15, -0.1) is 0 Å². The fourth-order valence-corrected chi connectivity index (χ4v) is 4.35. The average molecular weight is 616 g/mol. The molecule has 1 aliphatic rings. The Balaban J connectivity index is 1.61. The molecule has 2 aromatic carbocycles. The molecular formula is C32H49N5O7. The minimum absolute atomic E-state index is 0.000151. The smallest absolute Gasteiger partial charge is 0.410 e. The third kappa shape index (κ3) is 12.2. The summed E-state index contributed by atoms with van der Waals surface area (Å²) < 4.78 is 16.8. The Kier molecular flexibility index (Phi) is 11.8. The minimum atomic E-state index is -1.03. The molecule has 0 aliphatic carbocycles. The Morgan fingerprint density at radius 1 is 0.909 bits per heavy atom. The van der Waals surface area contributed by atoms with E-state index in [1.165, 1.54) is 4.90 Å². The SMILES string of the molecule is CC1(CCN(CCNC(=O)OC(C)(C)C)C(=O)CCN(CC(O)COc2cccc3ccccc23)C(=O)OC(C)(C)C)NN1. The summed E-state index contributed by atoms with van der Waals surface area (Å²) in [7, 11) is 0. The standard InChI is InChI=1S/C32H49N5O7/c1-30(2,3)43-28(40)33-17-20-36(19-16-32(7)34-35-32)27(39)15-18-37(29(41)44-31(4,5)6)21-24(38)22-42-26-14-10-12-23-11-8-9-13-25(23)26/h8-14,24,34-35,38H,15-22H2,1-7H3,(H,33,40). The highest BCUT2D eigenvalue weighted by molar-refractivity contribution is 5.88. The maximum atomic E-state index is 13.4. The van der Waals surface area contributed by atoms with Crippen molar-refractivity contribution in [3.63, 3.8) is 0 Å². The first kappa shape index (κ1) is 34.9. The number of nitrogens with zero attached hydrogens (tertiary/aromatic N) is 2. The lowest BCUT2D eigenvalue weighted by molar-refractivity contribution is -0.131. The summed E-state index contributed by atoms with van der Waals surface area (Å²) in [5.41, 5.74) is 4.47. The van der Waals surface area contributed by atoms with Crippen molar-refractivity contribution in [1.29, 1.82) is 0 Å². The van der Waals surface area contributed by atoms with Crippen LogP contribution in [0.3, 0.4) is 0 Å². The molecule has 1 unspecified atom stereocenters. The van der Waals surface area contributed by atoms with Crippen LogP contribution in [0.4, 0.5) is 9.59 Å². The number of benzene rings is 2. The van der Waals surface area contributed by atoms with Gasteiger partial charge in [0.05, 0.1) is 12.2 Å². The zero-order chi connectivity index (χ0) is 32.5. The second-order valence-electron chi connectivity index (χ2n) is 13.3. The number of hydrazine groups is 1. The van der Waals surface area contributed by atoms with Crippen LogP contribution in [-0.4, -0.2) is 95.3 Å². The molecule has 0 spiro atoms. The van der Waals surface area contributed by atoms with Gasteiger partial charge in [0.15, 0.2) is 0 Å². The van der Waals surface area contributed by atoms with E-state index in [2.05, 4.69) is 16.2 Å². The van der Waals surface area contributed by atoms with Crippen molar-refractivity contribution in [3.8, 4) is 5.75 Å². The van der Waals surface area contributed by atoms with E-state index in [9.17, 15) is 19.5 Å². The highest BCUT2D eigenvalue weighted by atomic mass is 16.6. The lowest BCUT2D eigenvalue weighted by Gasteiger charge is -2.30. The van der Waals surface area contributed by atoms with Crippen LogP contribution in [0.2, 0.25) is 0 Å². The van der Waals surface area contributed by atoms with Crippen LogP contribution in [0.1, 0.15) is 61.3 Å². The van der Waals surface area contributed by atoms with E-state index in [4.69, 9.17) is 14.2 Å². The number of carbonyl (C=O) groups excluding carboxylic acids is 3. The Bertz CT molecular complexity index is 1260. The largest absolute Gasteiger partial charge is 0.490 e. The lowest BCUT2D eigenvalue weighted by atomic mass is 10.1. The van der Waals surface area contributed by atoms with Gasteiger partial charge in [-0.3, -0.25) is 4.79 Å². The van der Waals surface area contributed by atoms with Gasteiger partial charge in [-0.2, -0.15) is 0 Å². The molecule has 12 heteroatoms. The number of nitrogens with one attached hydrogen (secondary N) is 3. The quantitative estimate of drug-likeness (QED) is 0.232. The molecule has 0 aromatic heterocycles. The molecular weight excluding hydrogens is 566 g/mol. The topological polar surface area (TPSA) is 162 Å². The number of carbonyl (C=O) groups is 3. The third-order valence-electron chi connectivity index (χ3n) is 6.70. The fourth-order valence-electron chi connectivity index (χ4n) is 4.35. The van der Waals surface area contributed by atoms with E-state index in [0.717, 1.165) is 10.8 Å². The van der Waals surface area contributed by atoms with E-state index in [-0.39, 0.29) is 50.8 Å². The minimum Gasteiger partial charge on any atom is -0.490 e. The van der Waals surface area contributed by atoms with E-state index >= 15 is 0 Å². The number of hydrogen-bond donors (Lipinski definition) is 4. The number of aliphatic hydroxyl groups excluding tert-OH is 1. The molecule has 4 N–H and O–H groups in total. The van der Waals surface area contributed by atoms with Crippen LogP contribution in [0.5, 0.6) is 5.75 Å². The second-order valence-corrected chi connectivity index (χ2v) is 13.3. The first-order chi connectivity index (χ1) is 20.5. The normalized spacial score (nSPS) is 14.8. The maximum Gasteiger partial charge on any atom is 0.410 e. The molecule has 44 heavy (non-hydrogen) atoms. The summed E-state index contributed by atoms with van der Waals surface area (Å²) in [6.07, 6.45) is -1.58. The van der Waals surface area contributed by atoms with E-state index in [1.54, 1.807) is 46.4 Å². The van der Waals surface area contributed by atoms with Gasteiger partial charge >= 0.3 is 12.2 Å². The van der Waals surface area contributed by atoms with Crippen molar-refractivity contribution in [1.82, 2.24) is 26.0 Å². The van der Waals surface area contributed by atoms with Crippen LogP contribution < -0.4 is 20.9 Å². The third-order valence-corrected chi connectivity index (χ3v) is 6.70. The number of amides is 3. The molecule has 3 amide bonds. The van der Waals surface area contributed by atoms with Gasteiger partial charge in [0.2, 0.25) is 5.91 Å². The number of fused-ring (bicyclic) bond motifs is 1. The first-order valence-electron chi connectivity index (χ1n) is 15.1. The second kappa shape index (κ2) is 14.9. The Morgan fingerprint density at radius 2 is 1.57 bits per heavy atom. The Labute approximate surface area is 260 Å². The lowest BCUT2D eigenvalue weighted by Crippen LogP contribution is -2.45. The fraction of sp³-hybridized carbons (Fsp3) is 0.594. The van der Waals surface area contributed by atoms with E-state index in [0.29, 0.717) is 18.7 Å². The summed E-state index contributed by atoms with van der Waals surface area (Å²) in [6, 6.07) is 13.5. The zero-order valence-electron chi connectivity index (χ0n) is 27.1. The molecule has 0 bridgehead atoms. The predicted molar refractivity (Wildman–Crippen MR) is 168 cm³/mol. The van der Waals surface area contributed by atoms with Crippen LogP contribution in [0.25, 0.3) is 10.8 Å². The van der Waals surface area contributed by atoms with E-state index in [1.807, 2.05) is 49.4 Å². The van der Waals surface area contributed by atoms with Crippen molar-refractivity contribution in [2.75, 3.05) is 39.3 Å². The molecule has 244 valence electrons. The van der Waals surface area contributed by atoms with Gasteiger partial charge in [0, 0.05) is 38.0 Å². The van der Waals surface area contributed by atoms with Crippen LogP contribution in [0, 0.1) is 0 Å². The van der Waals surface area contributed by atoms with Crippen molar-refractivity contribution >= 4 is 28.9 Å². The molecule has 0 saturated carbocycles. The molecule has 1 fully saturated rings. The molecule has 1 aliphatic heterocycles. The van der Waals surface area contributed by atoms with Gasteiger partial charge in [0.1, 0.15) is 29.7 Å².